The summed E-state index contributed by atoms with van der Waals surface area (Å²) in [5, 5.41) is 8.82. The summed E-state index contributed by atoms with van der Waals surface area (Å²) >= 11 is 12.2. The molecule has 1 N–H and O–H groups in total. The fraction of sp³-hybridized carbons (Fsp3) is 0.308. The topological polar surface area (TPSA) is 31.9 Å². The van der Waals surface area contributed by atoms with E-state index < -0.39 is 0 Å². The zero-order valence-electron chi connectivity index (χ0n) is 10.0. The highest BCUT2D eigenvalue weighted by molar-refractivity contribution is 6.36. The van der Waals surface area contributed by atoms with Crippen molar-refractivity contribution >= 4 is 23.2 Å². The summed E-state index contributed by atoms with van der Waals surface area (Å²) in [5.41, 5.74) is 4.34. The molecule has 0 spiro atoms. The maximum Gasteiger partial charge on any atom is 0.0983 e. The molecular weight excluding hydrogens is 269 g/mol. The molecule has 0 atom stereocenters. The minimum atomic E-state index is 0.644. The third kappa shape index (κ3) is 2.03. The molecule has 1 aromatic carbocycles. The highest BCUT2D eigenvalue weighted by atomic mass is 35.5. The fourth-order valence-electron chi connectivity index (χ4n) is 2.33. The van der Waals surface area contributed by atoms with Gasteiger partial charge in [0.25, 0.3) is 0 Å². The molecule has 2 heterocycles. The van der Waals surface area contributed by atoms with E-state index in [0.29, 0.717) is 10.0 Å². The van der Waals surface area contributed by atoms with Crippen LogP contribution in [0.2, 0.25) is 10.0 Å². The maximum atomic E-state index is 6.25. The molecule has 0 aliphatic carbocycles. The van der Waals surface area contributed by atoms with Crippen molar-refractivity contribution in [1.29, 1.82) is 0 Å². The number of nitrogens with one attached hydrogen (secondary N) is 1. The molecule has 0 bridgehead atoms. The number of aromatic nitrogens is 2. The molecule has 18 heavy (non-hydrogen) atoms. The largest absolute Gasteiger partial charge is 0.302 e. The van der Waals surface area contributed by atoms with Crippen molar-refractivity contribution in [2.75, 3.05) is 13.6 Å². The van der Waals surface area contributed by atoms with Crippen molar-refractivity contribution in [2.24, 2.45) is 0 Å². The van der Waals surface area contributed by atoms with Crippen LogP contribution in [0.3, 0.4) is 0 Å². The zero-order valence-corrected chi connectivity index (χ0v) is 11.5. The Morgan fingerprint density at radius 2 is 2.17 bits per heavy atom. The van der Waals surface area contributed by atoms with Gasteiger partial charge in [-0.2, -0.15) is 5.10 Å². The number of H-pyrrole nitrogens is 1. The normalized spacial score (nSPS) is 15.7. The first kappa shape index (κ1) is 12.0. The van der Waals surface area contributed by atoms with Gasteiger partial charge in [-0.3, -0.25) is 5.10 Å². The lowest BCUT2D eigenvalue weighted by molar-refractivity contribution is 0.312. The van der Waals surface area contributed by atoms with E-state index in [2.05, 4.69) is 22.1 Å². The van der Waals surface area contributed by atoms with Gasteiger partial charge in [-0.1, -0.05) is 23.2 Å². The molecule has 1 aliphatic rings. The Kier molecular flexibility index (Phi) is 3.06. The summed E-state index contributed by atoms with van der Waals surface area (Å²) in [6.07, 6.45) is 1.00. The molecule has 3 nitrogen and oxygen atoms in total. The summed E-state index contributed by atoms with van der Waals surface area (Å²) in [6.45, 7) is 1.96. The van der Waals surface area contributed by atoms with Gasteiger partial charge in [-0.05, 0) is 25.2 Å². The van der Waals surface area contributed by atoms with E-state index >= 15 is 0 Å². The Labute approximate surface area is 116 Å². The van der Waals surface area contributed by atoms with Crippen molar-refractivity contribution < 1.29 is 0 Å². The lowest BCUT2D eigenvalue weighted by atomic mass is 10.0. The monoisotopic (exact) mass is 281 g/mol. The standard InChI is InChI=1S/C13H13Cl2N3/c1-18-5-4-12-10(7-18)13(17-16-12)9-3-2-8(14)6-11(9)15/h2-3,6H,4-5,7H2,1H3,(H,16,17). The van der Waals surface area contributed by atoms with Gasteiger partial charge in [0.1, 0.15) is 0 Å². The number of halogens is 2. The van der Waals surface area contributed by atoms with Crippen LogP contribution in [0.1, 0.15) is 11.3 Å². The number of hydrogen-bond acceptors (Lipinski definition) is 2. The third-order valence-corrected chi connectivity index (χ3v) is 3.86. The highest BCUT2D eigenvalue weighted by Crippen LogP contribution is 2.33. The van der Waals surface area contributed by atoms with E-state index in [9.17, 15) is 0 Å². The number of hydrogen-bond donors (Lipinski definition) is 1. The van der Waals surface area contributed by atoms with Crippen LogP contribution in [-0.2, 0) is 13.0 Å². The molecule has 0 unspecified atom stereocenters. The molecule has 3 rings (SSSR count). The van der Waals surface area contributed by atoms with E-state index in [1.54, 1.807) is 6.07 Å². The smallest absolute Gasteiger partial charge is 0.0983 e. The molecule has 5 heteroatoms. The van der Waals surface area contributed by atoms with E-state index in [4.69, 9.17) is 23.2 Å². The third-order valence-electron chi connectivity index (χ3n) is 3.31. The number of aromatic amines is 1. The first-order valence-corrected chi connectivity index (χ1v) is 6.61. The Balaban J connectivity index is 2.10. The minimum Gasteiger partial charge on any atom is -0.302 e. The van der Waals surface area contributed by atoms with E-state index in [1.807, 2.05) is 12.1 Å². The van der Waals surface area contributed by atoms with Crippen LogP contribution in [0.15, 0.2) is 18.2 Å². The number of benzene rings is 1. The summed E-state index contributed by atoms with van der Waals surface area (Å²) in [6, 6.07) is 5.53. The van der Waals surface area contributed by atoms with E-state index in [1.165, 1.54) is 11.3 Å². The molecule has 1 aromatic heterocycles. The number of nitrogens with zero attached hydrogens (tertiary/aromatic N) is 2. The Morgan fingerprint density at radius 3 is 2.94 bits per heavy atom. The second kappa shape index (κ2) is 4.57. The average molecular weight is 282 g/mol. The van der Waals surface area contributed by atoms with Crippen LogP contribution < -0.4 is 0 Å². The lowest BCUT2D eigenvalue weighted by Gasteiger charge is -2.22. The highest BCUT2D eigenvalue weighted by Gasteiger charge is 2.21. The molecule has 0 saturated carbocycles. The van der Waals surface area contributed by atoms with Gasteiger partial charge in [0.15, 0.2) is 0 Å². The minimum absolute atomic E-state index is 0.644. The first-order valence-electron chi connectivity index (χ1n) is 5.85. The van der Waals surface area contributed by atoms with Crippen molar-refractivity contribution in [3.8, 4) is 11.3 Å². The number of likely N-dealkylation sites (N-methyl/N-ethyl adjacent to an activating group) is 1. The second-order valence-electron chi connectivity index (χ2n) is 4.64. The molecule has 0 saturated heterocycles. The summed E-state index contributed by atoms with van der Waals surface area (Å²) in [4.78, 5) is 2.28. The van der Waals surface area contributed by atoms with Gasteiger partial charge in [0, 0.05) is 41.4 Å². The summed E-state index contributed by atoms with van der Waals surface area (Å²) in [7, 11) is 2.11. The van der Waals surface area contributed by atoms with Crippen molar-refractivity contribution in [2.45, 2.75) is 13.0 Å². The average Bonchev–Trinajstić information content (AvgIpc) is 2.72. The lowest BCUT2D eigenvalue weighted by Crippen LogP contribution is -2.26. The Bertz CT molecular complexity index is 592. The Morgan fingerprint density at radius 1 is 1.33 bits per heavy atom. The number of rotatable bonds is 1. The predicted octanol–water partition coefficient (Wildman–Crippen LogP) is 3.37. The van der Waals surface area contributed by atoms with Gasteiger partial charge in [0.2, 0.25) is 0 Å². The fourth-order valence-corrected chi connectivity index (χ4v) is 2.83. The van der Waals surface area contributed by atoms with Gasteiger partial charge < -0.3 is 4.90 Å². The molecule has 0 radical (unpaired) electrons. The van der Waals surface area contributed by atoms with Gasteiger partial charge in [-0.15, -0.1) is 0 Å². The Hall–Kier alpha value is -1.03. The predicted molar refractivity (Wildman–Crippen MR) is 74.1 cm³/mol. The van der Waals surface area contributed by atoms with Crippen molar-refractivity contribution in [3.63, 3.8) is 0 Å². The van der Waals surface area contributed by atoms with Gasteiger partial charge in [0.05, 0.1) is 10.7 Å². The van der Waals surface area contributed by atoms with Gasteiger partial charge in [-0.25, -0.2) is 0 Å². The van der Waals surface area contributed by atoms with Crippen LogP contribution >= 0.6 is 23.2 Å². The maximum absolute atomic E-state index is 6.25. The molecule has 1 aliphatic heterocycles. The van der Waals surface area contributed by atoms with E-state index in [-0.39, 0.29) is 0 Å². The second-order valence-corrected chi connectivity index (χ2v) is 5.48. The van der Waals surface area contributed by atoms with Crippen LogP contribution in [0.25, 0.3) is 11.3 Å². The molecule has 0 amide bonds. The summed E-state index contributed by atoms with van der Waals surface area (Å²) < 4.78 is 0. The van der Waals surface area contributed by atoms with Crippen LogP contribution in [0, 0.1) is 0 Å². The van der Waals surface area contributed by atoms with Crippen molar-refractivity contribution in [1.82, 2.24) is 15.1 Å². The molecule has 0 fully saturated rings. The van der Waals surface area contributed by atoms with Gasteiger partial charge >= 0.3 is 0 Å². The molecule has 94 valence electrons. The van der Waals surface area contributed by atoms with Crippen molar-refractivity contribution in [3.05, 3.63) is 39.5 Å². The summed E-state index contributed by atoms with van der Waals surface area (Å²) in [5.74, 6) is 0. The first-order chi connectivity index (χ1) is 8.65. The number of fused-ring (bicyclic) bond motifs is 1. The zero-order chi connectivity index (χ0) is 12.7. The van der Waals surface area contributed by atoms with Crippen LogP contribution in [0.5, 0.6) is 0 Å². The quantitative estimate of drug-likeness (QED) is 0.869. The molecular formula is C13H13Cl2N3. The van der Waals surface area contributed by atoms with Crippen LogP contribution in [0.4, 0.5) is 0 Å². The van der Waals surface area contributed by atoms with E-state index in [0.717, 1.165) is 30.8 Å². The molecule has 2 aromatic rings. The SMILES string of the molecule is CN1CCc2[nH]nc(-c3ccc(Cl)cc3Cl)c2C1. The van der Waals surface area contributed by atoms with Crippen LogP contribution in [-0.4, -0.2) is 28.7 Å².